The quantitative estimate of drug-likeness (QED) is 0.356. The molecule has 0 aromatic rings. The third kappa shape index (κ3) is 4.10. The molecule has 1 nitrogen and oxygen atoms in total. The molecular weight excluding hydrogens is 151 g/mol. The van der Waals surface area contributed by atoms with Gasteiger partial charge in [0.2, 0.25) is 0 Å². The van der Waals surface area contributed by atoms with Crippen LogP contribution in [0.15, 0.2) is 18.2 Å². The fraction of sp³-hybridized carbons (Fsp3) is 0.167. The van der Waals surface area contributed by atoms with Gasteiger partial charge in [-0.2, -0.15) is 0 Å². The molecule has 0 aromatic carbocycles. The van der Waals surface area contributed by atoms with E-state index in [0.29, 0.717) is 6.54 Å². The number of hydrogen-bond donors (Lipinski definition) is 1. The standard InChI is InChI=1S/C6H8N.Zn/c1-2-3-4-5-6-7;/h1-4H,6-7H2;/q-1;/b4-3-;. The van der Waals surface area contributed by atoms with E-state index in [9.17, 15) is 0 Å². The van der Waals surface area contributed by atoms with Gasteiger partial charge in [0.25, 0.3) is 0 Å². The second-order valence-corrected chi connectivity index (χ2v) is 3.32. The van der Waals surface area contributed by atoms with E-state index in [-0.39, 0.29) is 0 Å². The van der Waals surface area contributed by atoms with E-state index in [0.717, 1.165) is 17.9 Å². The molecule has 0 rings (SSSR count). The van der Waals surface area contributed by atoms with Crippen LogP contribution in [0, 0.1) is 6.58 Å². The molecule has 0 saturated carbocycles. The summed E-state index contributed by atoms with van der Waals surface area (Å²) in [5.41, 5.74) is 5.30. The minimum atomic E-state index is 0.657. The van der Waals surface area contributed by atoms with Crippen LogP contribution in [0.4, 0.5) is 0 Å². The molecule has 0 fully saturated rings. The van der Waals surface area contributed by atoms with Gasteiger partial charge < -0.3 is 0 Å². The Morgan fingerprint density at radius 2 is 2.38 bits per heavy atom. The van der Waals surface area contributed by atoms with Gasteiger partial charge in [-0.25, -0.2) is 0 Å². The maximum atomic E-state index is 5.30. The Morgan fingerprint density at radius 3 is 2.75 bits per heavy atom. The number of rotatable bonds is 3. The Balaban J connectivity index is 3.52. The molecule has 0 unspecified atom stereocenters. The van der Waals surface area contributed by atoms with E-state index >= 15 is 0 Å². The van der Waals surface area contributed by atoms with Crippen molar-refractivity contribution in [1.82, 2.24) is 0 Å². The zero-order valence-electron chi connectivity index (χ0n) is 4.80. The van der Waals surface area contributed by atoms with Crippen molar-refractivity contribution >= 4 is 4.11 Å². The van der Waals surface area contributed by atoms with E-state index in [1.165, 1.54) is 10.2 Å². The number of hydrogen-bond acceptors (Lipinski definition) is 1. The van der Waals surface area contributed by atoms with Gasteiger partial charge in [0.1, 0.15) is 0 Å². The summed E-state index contributed by atoms with van der Waals surface area (Å²) in [5, 5.41) is 0. The number of nitrogens with two attached hydrogens (primary N) is 1. The average Bonchev–Trinajstić information content (AvgIpc) is 1.83. The summed E-state index contributed by atoms with van der Waals surface area (Å²) in [4.78, 5) is 0. The molecule has 0 aromatic heterocycles. The Hall–Kier alpha value is -0.0666. The minimum absolute atomic E-state index is 0.657. The Kier molecular flexibility index (Phi) is 5.04. The van der Waals surface area contributed by atoms with Gasteiger partial charge in [0.05, 0.1) is 0 Å². The molecular formula is C6H8NZn-. The first-order valence-corrected chi connectivity index (χ1v) is 3.89. The molecule has 0 heterocycles. The molecule has 0 radical (unpaired) electrons. The van der Waals surface area contributed by atoms with Gasteiger partial charge in [-0.05, 0) is 0 Å². The van der Waals surface area contributed by atoms with Crippen LogP contribution < -0.4 is 5.73 Å². The predicted octanol–water partition coefficient (Wildman–Crippen LogP) is 0.210. The zero-order chi connectivity index (χ0) is 6.41. The molecule has 2 N–H and O–H groups in total. The van der Waals surface area contributed by atoms with Crippen LogP contribution in [0.25, 0.3) is 0 Å². The predicted molar refractivity (Wildman–Crippen MR) is 32.1 cm³/mol. The van der Waals surface area contributed by atoms with Crippen molar-refractivity contribution in [3.8, 4) is 0 Å². The second-order valence-electron chi connectivity index (χ2n) is 1.41. The molecule has 0 aliphatic heterocycles. The second kappa shape index (κ2) is 5.08. The van der Waals surface area contributed by atoms with E-state index in [4.69, 9.17) is 12.3 Å². The molecule has 8 heavy (non-hydrogen) atoms. The maximum absolute atomic E-state index is 5.30. The molecule has 0 aliphatic rings. The van der Waals surface area contributed by atoms with Crippen molar-refractivity contribution in [2.75, 3.05) is 6.54 Å². The zero-order valence-corrected chi connectivity index (χ0v) is 7.77. The summed E-state index contributed by atoms with van der Waals surface area (Å²) < 4.78 is 1.26. The van der Waals surface area contributed by atoms with Gasteiger partial charge in [-0.1, -0.05) is 0 Å². The molecule has 2 heteroatoms. The van der Waals surface area contributed by atoms with Crippen LogP contribution in [0.5, 0.6) is 0 Å². The van der Waals surface area contributed by atoms with Crippen LogP contribution in [-0.4, -0.2) is 10.7 Å². The van der Waals surface area contributed by atoms with Crippen molar-refractivity contribution in [2.24, 2.45) is 5.73 Å². The van der Waals surface area contributed by atoms with Crippen LogP contribution >= 0.6 is 0 Å². The Labute approximate surface area is 59.5 Å². The summed E-state index contributed by atoms with van der Waals surface area (Å²) >= 11 is 1.13. The van der Waals surface area contributed by atoms with Gasteiger partial charge in [-0.15, -0.1) is 0 Å². The van der Waals surface area contributed by atoms with Gasteiger partial charge in [-0.3, -0.25) is 0 Å². The molecule has 0 aliphatic carbocycles. The summed E-state index contributed by atoms with van der Waals surface area (Å²) in [6.07, 6.45) is 5.25. The average molecular weight is 160 g/mol. The molecule has 0 bridgehead atoms. The van der Waals surface area contributed by atoms with Crippen molar-refractivity contribution in [2.45, 2.75) is 0 Å². The fourth-order valence-electron chi connectivity index (χ4n) is 0.260. The van der Waals surface area contributed by atoms with Crippen LogP contribution in [0.2, 0.25) is 0 Å². The summed E-state index contributed by atoms with van der Waals surface area (Å²) in [7, 11) is 0. The van der Waals surface area contributed by atoms with E-state index in [1.807, 2.05) is 6.08 Å². The summed E-state index contributed by atoms with van der Waals surface area (Å²) in [5.74, 6) is 0. The van der Waals surface area contributed by atoms with E-state index in [2.05, 4.69) is 0 Å². The first-order valence-electron chi connectivity index (χ1n) is 2.40. The van der Waals surface area contributed by atoms with Gasteiger partial charge in [0, 0.05) is 0 Å². The first-order chi connectivity index (χ1) is 3.81. The van der Waals surface area contributed by atoms with Crippen LogP contribution in [-0.2, 0) is 17.9 Å². The summed E-state index contributed by atoms with van der Waals surface area (Å²) in [6, 6.07) is 0. The van der Waals surface area contributed by atoms with Crippen molar-refractivity contribution < 1.29 is 17.9 Å². The normalized spacial score (nSPS) is 9.88. The molecule has 0 atom stereocenters. The SMILES string of the molecule is [CH-]=C/C=C\[C](=[Zn])CN. The molecule has 0 amide bonds. The molecule has 40 valence electrons. The van der Waals surface area contributed by atoms with Gasteiger partial charge >= 0.3 is 59.0 Å². The van der Waals surface area contributed by atoms with E-state index < -0.39 is 0 Å². The Bertz CT molecular complexity index is 116. The third-order valence-corrected chi connectivity index (χ3v) is 1.81. The van der Waals surface area contributed by atoms with E-state index in [1.54, 1.807) is 6.08 Å². The Morgan fingerprint density at radius 1 is 1.75 bits per heavy atom. The monoisotopic (exact) mass is 158 g/mol. The van der Waals surface area contributed by atoms with Crippen molar-refractivity contribution in [1.29, 1.82) is 0 Å². The number of allylic oxidation sites excluding steroid dienone is 2. The fourth-order valence-corrected chi connectivity index (χ4v) is 0.545. The van der Waals surface area contributed by atoms with Gasteiger partial charge in [0.15, 0.2) is 0 Å². The topological polar surface area (TPSA) is 26.0 Å². The third-order valence-electron chi connectivity index (χ3n) is 0.705. The van der Waals surface area contributed by atoms with Crippen molar-refractivity contribution in [3.63, 3.8) is 0 Å². The van der Waals surface area contributed by atoms with Crippen LogP contribution in [0.1, 0.15) is 0 Å². The molecule has 0 spiro atoms. The molecule has 0 saturated heterocycles. The van der Waals surface area contributed by atoms with Crippen molar-refractivity contribution in [3.05, 3.63) is 24.8 Å². The van der Waals surface area contributed by atoms with Crippen LogP contribution in [0.3, 0.4) is 0 Å². The summed E-state index contributed by atoms with van der Waals surface area (Å²) in [6.45, 7) is 5.74. The first kappa shape index (κ1) is 7.93.